The average molecular weight is 372 g/mol. The molecular formula is C22H24F2NO2+. The van der Waals surface area contributed by atoms with Crippen molar-refractivity contribution in [2.75, 3.05) is 0 Å². The molecule has 2 aromatic carbocycles. The van der Waals surface area contributed by atoms with E-state index in [4.69, 9.17) is 4.42 Å². The first-order chi connectivity index (χ1) is 12.8. The molecule has 1 heterocycles. The number of benzene rings is 2. The monoisotopic (exact) mass is 372 g/mol. The van der Waals surface area contributed by atoms with Gasteiger partial charge in [0.25, 0.3) is 0 Å². The van der Waals surface area contributed by atoms with E-state index in [0.29, 0.717) is 23.6 Å². The molecule has 0 aliphatic carbocycles. The lowest BCUT2D eigenvalue weighted by Crippen LogP contribution is -2.83. The highest BCUT2D eigenvalue weighted by Crippen LogP contribution is 2.26. The van der Waals surface area contributed by atoms with E-state index in [-0.39, 0.29) is 6.04 Å². The Morgan fingerprint density at radius 1 is 1.04 bits per heavy atom. The molecule has 0 saturated heterocycles. The van der Waals surface area contributed by atoms with Gasteiger partial charge in [-0.15, -0.1) is 0 Å². The highest BCUT2D eigenvalue weighted by atomic mass is 19.1. The molecule has 0 saturated carbocycles. The van der Waals surface area contributed by atoms with E-state index in [2.05, 4.69) is 19.9 Å². The van der Waals surface area contributed by atoms with Gasteiger partial charge in [0.05, 0.1) is 0 Å². The van der Waals surface area contributed by atoms with Crippen molar-refractivity contribution < 1.29 is 18.5 Å². The Kier molecular flexibility index (Phi) is 5.42. The summed E-state index contributed by atoms with van der Waals surface area (Å²) in [6, 6.07) is 8.86. The summed E-state index contributed by atoms with van der Waals surface area (Å²) in [6.45, 7) is 8.60. The smallest absolute Gasteiger partial charge is 0.336 e. The highest BCUT2D eigenvalue weighted by Gasteiger charge is 2.17. The van der Waals surface area contributed by atoms with Crippen LogP contribution < -0.4 is 10.9 Å². The molecule has 3 aromatic rings. The Bertz CT molecular complexity index is 1040. The van der Waals surface area contributed by atoms with Gasteiger partial charge in [-0.2, -0.15) is 0 Å². The number of aryl methyl sites for hydroxylation is 1. The molecule has 142 valence electrons. The maximum Gasteiger partial charge on any atom is 0.336 e. The molecule has 5 heteroatoms. The van der Waals surface area contributed by atoms with Crippen LogP contribution in [0, 0.1) is 18.6 Å². The Morgan fingerprint density at radius 2 is 1.78 bits per heavy atom. The third-order valence-corrected chi connectivity index (χ3v) is 4.98. The minimum absolute atomic E-state index is 0.220. The van der Waals surface area contributed by atoms with Crippen LogP contribution in [-0.2, 0) is 6.54 Å². The molecule has 1 aromatic heterocycles. The van der Waals surface area contributed by atoms with Crippen molar-refractivity contribution in [2.45, 2.75) is 46.2 Å². The van der Waals surface area contributed by atoms with Crippen LogP contribution in [0.4, 0.5) is 8.78 Å². The second-order valence-corrected chi connectivity index (χ2v) is 7.34. The predicted molar refractivity (Wildman–Crippen MR) is 102 cm³/mol. The number of hydrogen-bond donors (Lipinski definition) is 1. The van der Waals surface area contributed by atoms with E-state index in [1.54, 1.807) is 0 Å². The molecule has 0 spiro atoms. The minimum atomic E-state index is -0.591. The van der Waals surface area contributed by atoms with Crippen LogP contribution in [0.3, 0.4) is 0 Å². The lowest BCUT2D eigenvalue weighted by molar-refractivity contribution is -0.708. The molecule has 27 heavy (non-hydrogen) atoms. The van der Waals surface area contributed by atoms with Gasteiger partial charge in [-0.1, -0.05) is 13.8 Å². The number of halogens is 2. The predicted octanol–water partition coefficient (Wildman–Crippen LogP) is 4.33. The first-order valence-corrected chi connectivity index (χ1v) is 9.11. The number of hydrogen-bond acceptors (Lipinski definition) is 2. The van der Waals surface area contributed by atoms with Gasteiger partial charge in [-0.25, -0.2) is 13.6 Å². The van der Waals surface area contributed by atoms with Crippen LogP contribution >= 0.6 is 0 Å². The van der Waals surface area contributed by atoms with Gasteiger partial charge >= 0.3 is 5.63 Å². The maximum absolute atomic E-state index is 14.0. The minimum Gasteiger partial charge on any atom is -0.423 e. The van der Waals surface area contributed by atoms with Crippen LogP contribution in [-0.4, -0.2) is 0 Å². The van der Waals surface area contributed by atoms with Gasteiger partial charge in [0, 0.05) is 28.6 Å². The van der Waals surface area contributed by atoms with E-state index in [1.165, 1.54) is 23.8 Å². The van der Waals surface area contributed by atoms with Crippen LogP contribution in [0.25, 0.3) is 11.0 Å². The molecule has 3 rings (SSSR count). The second kappa shape index (κ2) is 7.61. The normalized spacial score (nSPS) is 12.7. The Balaban J connectivity index is 1.94. The Hall–Kier alpha value is -2.53. The zero-order valence-corrected chi connectivity index (χ0v) is 16.0. The van der Waals surface area contributed by atoms with Crippen molar-refractivity contribution in [1.29, 1.82) is 0 Å². The highest BCUT2D eigenvalue weighted by molar-refractivity contribution is 5.82. The Morgan fingerprint density at radius 3 is 2.44 bits per heavy atom. The van der Waals surface area contributed by atoms with Crippen molar-refractivity contribution in [3.05, 3.63) is 80.7 Å². The summed E-state index contributed by atoms with van der Waals surface area (Å²) in [5, 5.41) is 2.83. The number of rotatable bonds is 5. The molecule has 2 N–H and O–H groups in total. The number of fused-ring (bicyclic) bond motifs is 1. The van der Waals surface area contributed by atoms with Crippen molar-refractivity contribution in [3.8, 4) is 0 Å². The molecule has 0 aliphatic heterocycles. The summed E-state index contributed by atoms with van der Waals surface area (Å²) in [6.07, 6.45) is 0. The second-order valence-electron chi connectivity index (χ2n) is 7.34. The molecule has 1 atom stereocenters. The van der Waals surface area contributed by atoms with E-state index < -0.39 is 17.3 Å². The van der Waals surface area contributed by atoms with Gasteiger partial charge in [-0.3, -0.25) is 0 Å². The summed E-state index contributed by atoms with van der Waals surface area (Å²) in [4.78, 5) is 12.0. The zero-order chi connectivity index (χ0) is 19.7. The van der Waals surface area contributed by atoms with Crippen molar-refractivity contribution in [3.63, 3.8) is 0 Å². The largest absolute Gasteiger partial charge is 0.423 e. The maximum atomic E-state index is 14.0. The fourth-order valence-electron chi connectivity index (χ4n) is 3.48. The SMILES string of the molecule is Cc1cc2oc(=O)cc(C[NH2+][C@H](C)c3ccc(F)cc3F)c2cc1C(C)C. The fraction of sp³-hybridized carbons (Fsp3) is 0.318. The van der Waals surface area contributed by atoms with Gasteiger partial charge in [-0.05, 0) is 55.2 Å². The van der Waals surface area contributed by atoms with Crippen molar-refractivity contribution >= 4 is 11.0 Å². The third kappa shape index (κ3) is 4.08. The molecule has 3 nitrogen and oxygen atoms in total. The molecule has 0 fully saturated rings. The number of nitrogens with two attached hydrogens (primary N) is 1. The quantitative estimate of drug-likeness (QED) is 0.678. The lowest BCUT2D eigenvalue weighted by atomic mass is 9.95. The first kappa shape index (κ1) is 19.2. The van der Waals surface area contributed by atoms with Crippen molar-refractivity contribution in [2.24, 2.45) is 0 Å². The van der Waals surface area contributed by atoms with Gasteiger partial charge < -0.3 is 9.73 Å². The van der Waals surface area contributed by atoms with E-state index in [1.807, 2.05) is 25.2 Å². The van der Waals surface area contributed by atoms with Crippen LogP contribution in [0.2, 0.25) is 0 Å². The van der Waals surface area contributed by atoms with Crippen LogP contribution in [0.5, 0.6) is 0 Å². The summed E-state index contributed by atoms with van der Waals surface area (Å²) in [5.74, 6) is -0.800. The first-order valence-electron chi connectivity index (χ1n) is 9.11. The van der Waals surface area contributed by atoms with E-state index in [9.17, 15) is 13.6 Å². The molecule has 0 radical (unpaired) electrons. The fourth-order valence-corrected chi connectivity index (χ4v) is 3.48. The lowest BCUT2D eigenvalue weighted by Gasteiger charge is -2.15. The summed E-state index contributed by atoms with van der Waals surface area (Å²) in [5.41, 5.74) is 3.73. The van der Waals surface area contributed by atoms with E-state index >= 15 is 0 Å². The van der Waals surface area contributed by atoms with E-state index in [0.717, 1.165) is 22.6 Å². The van der Waals surface area contributed by atoms with Crippen LogP contribution in [0.15, 0.2) is 45.6 Å². The summed E-state index contributed by atoms with van der Waals surface area (Å²) >= 11 is 0. The Labute approximate surface area is 157 Å². The molecule has 0 aliphatic rings. The number of quaternary nitrogens is 1. The van der Waals surface area contributed by atoms with Crippen LogP contribution in [0.1, 0.15) is 55.0 Å². The van der Waals surface area contributed by atoms with Gasteiger partial charge in [0.1, 0.15) is 29.8 Å². The zero-order valence-electron chi connectivity index (χ0n) is 16.0. The van der Waals surface area contributed by atoms with Gasteiger partial charge in [0.2, 0.25) is 0 Å². The molecule has 0 bridgehead atoms. The standard InChI is InChI=1S/C22H23F2NO2/c1-12(2)18-10-19-15(8-22(26)27-21(19)7-13(18)3)11-25-14(4)17-6-5-16(23)9-20(17)24/h5-10,12,14,25H,11H2,1-4H3/p+1/t14-/m1/s1. The van der Waals surface area contributed by atoms with Crippen molar-refractivity contribution in [1.82, 2.24) is 0 Å². The van der Waals surface area contributed by atoms with Gasteiger partial charge in [0.15, 0.2) is 0 Å². The summed E-state index contributed by atoms with van der Waals surface area (Å²) in [7, 11) is 0. The molecule has 0 amide bonds. The summed E-state index contributed by atoms with van der Waals surface area (Å²) < 4.78 is 32.5. The third-order valence-electron chi connectivity index (χ3n) is 4.98. The molecular weight excluding hydrogens is 348 g/mol. The topological polar surface area (TPSA) is 46.8 Å². The molecule has 0 unspecified atom stereocenters. The average Bonchev–Trinajstić information content (AvgIpc) is 2.58.